The lowest BCUT2D eigenvalue weighted by Gasteiger charge is -2.23. The quantitative estimate of drug-likeness (QED) is 0.251. The molecule has 1 aliphatic rings. The Morgan fingerprint density at radius 3 is 2.74 bits per heavy atom. The van der Waals surface area contributed by atoms with Crippen molar-refractivity contribution in [2.45, 2.75) is 26.2 Å². The largest absolute Gasteiger partial charge is 0.506 e. The Kier molecular flexibility index (Phi) is 6.97. The van der Waals surface area contributed by atoms with Crippen LogP contribution >= 0.6 is 0 Å². The van der Waals surface area contributed by atoms with Crippen LogP contribution in [-0.2, 0) is 12.8 Å². The van der Waals surface area contributed by atoms with Crippen molar-refractivity contribution in [2.24, 2.45) is 5.73 Å². The molecule has 1 amide bonds. The molecular weight excluding hydrogens is 482 g/mol. The second kappa shape index (κ2) is 10.5. The summed E-state index contributed by atoms with van der Waals surface area (Å²) in [7, 11) is 1.90. The second-order valence-electron chi connectivity index (χ2n) is 9.35. The van der Waals surface area contributed by atoms with Gasteiger partial charge in [0.15, 0.2) is 5.65 Å². The predicted molar refractivity (Wildman–Crippen MR) is 149 cm³/mol. The van der Waals surface area contributed by atoms with E-state index in [0.29, 0.717) is 11.3 Å². The van der Waals surface area contributed by atoms with Gasteiger partial charge in [0.25, 0.3) is 5.91 Å². The summed E-state index contributed by atoms with van der Waals surface area (Å²) in [6, 6.07) is 11.5. The number of amides is 1. The highest BCUT2D eigenvalue weighted by Crippen LogP contribution is 2.31. The molecule has 5 N–H and O–H groups in total. The van der Waals surface area contributed by atoms with Crippen LogP contribution in [0.25, 0.3) is 16.7 Å². The van der Waals surface area contributed by atoms with Gasteiger partial charge in [0.1, 0.15) is 11.3 Å². The number of anilines is 3. The standard InChI is InChI=1S/C28H31N7O3/c1-3-34(12-11-30-2)19-9-10-23(24(36)14-19)32-28-31-15-21-25(37)22(26(29)38)16-35(27(21)33-28)20-8-7-17-5-4-6-18(17)13-20/h7-10,13-16,30,36H,3-6,11-12H2,1-2H3,(H2,29,38)(H,31,32,33). The number of nitrogens with zero attached hydrogens (tertiary/aromatic N) is 4. The molecule has 2 heterocycles. The maximum Gasteiger partial charge on any atom is 0.254 e. The van der Waals surface area contributed by atoms with Gasteiger partial charge in [-0.2, -0.15) is 4.98 Å². The molecule has 10 heteroatoms. The summed E-state index contributed by atoms with van der Waals surface area (Å²) in [4.78, 5) is 36.1. The van der Waals surface area contributed by atoms with Gasteiger partial charge in [-0.3, -0.25) is 9.59 Å². The lowest BCUT2D eigenvalue weighted by atomic mass is 10.1. The molecule has 10 nitrogen and oxygen atoms in total. The normalized spacial score (nSPS) is 12.5. The Labute approximate surface area is 220 Å². The zero-order chi connectivity index (χ0) is 26.8. The van der Waals surface area contributed by atoms with Crippen LogP contribution in [0.4, 0.5) is 17.3 Å². The predicted octanol–water partition coefficient (Wildman–Crippen LogP) is 2.86. The Balaban J connectivity index is 1.55. The number of aromatic hydroxyl groups is 1. The first kappa shape index (κ1) is 25.2. The molecule has 0 bridgehead atoms. The number of fused-ring (bicyclic) bond motifs is 2. The molecule has 0 atom stereocenters. The van der Waals surface area contributed by atoms with Gasteiger partial charge >= 0.3 is 0 Å². The first-order valence-corrected chi connectivity index (χ1v) is 12.7. The lowest BCUT2D eigenvalue weighted by molar-refractivity contribution is 0.0999. The number of nitrogens with two attached hydrogens (primary N) is 1. The lowest BCUT2D eigenvalue weighted by Crippen LogP contribution is -2.30. The number of phenolic OH excluding ortho intramolecular Hbond substituents is 1. The van der Waals surface area contributed by atoms with E-state index in [4.69, 9.17) is 5.73 Å². The fraction of sp³-hybridized carbons (Fsp3) is 0.286. The van der Waals surface area contributed by atoms with Gasteiger partial charge in [0, 0.05) is 49.5 Å². The first-order valence-electron chi connectivity index (χ1n) is 12.7. The highest BCUT2D eigenvalue weighted by Gasteiger charge is 2.19. The third-order valence-corrected chi connectivity index (χ3v) is 6.98. The van der Waals surface area contributed by atoms with Crippen molar-refractivity contribution in [1.82, 2.24) is 19.9 Å². The molecule has 2 aromatic carbocycles. The monoisotopic (exact) mass is 513 g/mol. The zero-order valence-electron chi connectivity index (χ0n) is 21.5. The van der Waals surface area contributed by atoms with Crippen LogP contribution < -0.4 is 26.7 Å². The smallest absolute Gasteiger partial charge is 0.254 e. The van der Waals surface area contributed by atoms with E-state index in [1.807, 2.05) is 19.2 Å². The van der Waals surface area contributed by atoms with Crippen LogP contribution in [0.3, 0.4) is 0 Å². The summed E-state index contributed by atoms with van der Waals surface area (Å²) >= 11 is 0. The average Bonchev–Trinajstić information content (AvgIpc) is 3.38. The molecule has 5 rings (SSSR count). The number of carbonyl (C=O) groups is 1. The van der Waals surface area contributed by atoms with E-state index in [1.165, 1.54) is 23.5 Å². The molecule has 1 aliphatic carbocycles. The maximum absolute atomic E-state index is 13.0. The highest BCUT2D eigenvalue weighted by molar-refractivity contribution is 5.96. The van der Waals surface area contributed by atoms with Crippen LogP contribution in [0.15, 0.2) is 53.6 Å². The molecule has 4 aromatic rings. The number of hydrogen-bond donors (Lipinski definition) is 4. The van der Waals surface area contributed by atoms with E-state index in [2.05, 4.69) is 44.6 Å². The Hall–Kier alpha value is -4.44. The van der Waals surface area contributed by atoms with Gasteiger partial charge in [0.2, 0.25) is 11.4 Å². The molecule has 0 saturated carbocycles. The number of pyridine rings is 1. The van der Waals surface area contributed by atoms with Crippen LogP contribution in [0, 0.1) is 0 Å². The summed E-state index contributed by atoms with van der Waals surface area (Å²) in [5, 5.41) is 17.1. The van der Waals surface area contributed by atoms with E-state index in [-0.39, 0.29) is 22.6 Å². The van der Waals surface area contributed by atoms with Crippen LogP contribution in [0.5, 0.6) is 5.75 Å². The molecule has 0 unspecified atom stereocenters. The number of aromatic nitrogens is 3. The zero-order valence-corrected chi connectivity index (χ0v) is 21.5. The molecule has 0 fully saturated rings. The molecule has 0 aliphatic heterocycles. The van der Waals surface area contributed by atoms with Gasteiger partial charge < -0.3 is 30.9 Å². The minimum Gasteiger partial charge on any atom is -0.506 e. The van der Waals surface area contributed by atoms with Crippen LogP contribution in [-0.4, -0.2) is 52.2 Å². The number of primary amides is 1. The summed E-state index contributed by atoms with van der Waals surface area (Å²) in [6.07, 6.45) is 5.94. The van der Waals surface area contributed by atoms with Gasteiger partial charge in [-0.15, -0.1) is 0 Å². The van der Waals surface area contributed by atoms with Crippen molar-refractivity contribution in [3.63, 3.8) is 0 Å². The van der Waals surface area contributed by atoms with Crippen molar-refractivity contribution >= 4 is 34.3 Å². The van der Waals surface area contributed by atoms with Crippen LogP contribution in [0.2, 0.25) is 0 Å². The SMILES string of the molecule is CCN(CCNC)c1ccc(Nc2ncc3c(=O)c(C(N)=O)cn(-c4ccc5c(c4)CCC5)c3n2)c(O)c1. The van der Waals surface area contributed by atoms with Crippen molar-refractivity contribution in [2.75, 3.05) is 36.9 Å². The molecule has 38 heavy (non-hydrogen) atoms. The average molecular weight is 514 g/mol. The van der Waals surface area contributed by atoms with E-state index >= 15 is 0 Å². The summed E-state index contributed by atoms with van der Waals surface area (Å²) in [5.41, 5.74) is 9.84. The first-order chi connectivity index (χ1) is 18.4. The van der Waals surface area contributed by atoms with E-state index in [1.54, 1.807) is 16.7 Å². The fourth-order valence-corrected chi connectivity index (χ4v) is 4.91. The number of aryl methyl sites for hydroxylation is 2. The van der Waals surface area contributed by atoms with Crippen molar-refractivity contribution in [3.05, 3.63) is 75.7 Å². The number of benzene rings is 2. The van der Waals surface area contributed by atoms with Gasteiger partial charge in [0.05, 0.1) is 11.1 Å². The van der Waals surface area contributed by atoms with Gasteiger partial charge in [-0.05, 0) is 68.6 Å². The Morgan fingerprint density at radius 2 is 2.00 bits per heavy atom. The topological polar surface area (TPSA) is 138 Å². The maximum atomic E-state index is 13.0. The number of phenols is 1. The van der Waals surface area contributed by atoms with Crippen LogP contribution in [0.1, 0.15) is 34.8 Å². The van der Waals surface area contributed by atoms with Gasteiger partial charge in [-0.25, -0.2) is 4.98 Å². The molecule has 2 aromatic heterocycles. The van der Waals surface area contributed by atoms with Crippen molar-refractivity contribution in [3.8, 4) is 11.4 Å². The highest BCUT2D eigenvalue weighted by atomic mass is 16.3. The van der Waals surface area contributed by atoms with Gasteiger partial charge in [-0.1, -0.05) is 6.07 Å². The number of hydrogen-bond acceptors (Lipinski definition) is 8. The molecule has 0 saturated heterocycles. The summed E-state index contributed by atoms with van der Waals surface area (Å²) in [6.45, 7) is 4.49. The molecule has 0 radical (unpaired) electrons. The van der Waals surface area contributed by atoms with E-state index in [0.717, 1.165) is 50.3 Å². The third kappa shape index (κ3) is 4.78. The number of nitrogens with one attached hydrogen (secondary N) is 2. The van der Waals surface area contributed by atoms with E-state index < -0.39 is 11.3 Å². The second-order valence-corrected chi connectivity index (χ2v) is 9.35. The molecule has 196 valence electrons. The fourth-order valence-electron chi connectivity index (χ4n) is 4.91. The van der Waals surface area contributed by atoms with E-state index in [9.17, 15) is 14.7 Å². The number of likely N-dealkylation sites (N-methyl/N-ethyl adjacent to an activating group) is 2. The number of carbonyl (C=O) groups excluding carboxylic acids is 1. The van der Waals surface area contributed by atoms with Crippen molar-refractivity contribution < 1.29 is 9.90 Å². The Bertz CT molecular complexity index is 1580. The minimum absolute atomic E-state index is 0.0502. The summed E-state index contributed by atoms with van der Waals surface area (Å²) < 4.78 is 1.70. The Morgan fingerprint density at radius 1 is 1.18 bits per heavy atom. The summed E-state index contributed by atoms with van der Waals surface area (Å²) in [5.74, 6) is -0.562. The molecule has 0 spiro atoms. The number of rotatable bonds is 9. The molecular formula is C28H31N7O3. The van der Waals surface area contributed by atoms with Crippen molar-refractivity contribution in [1.29, 1.82) is 0 Å². The third-order valence-electron chi connectivity index (χ3n) is 6.98. The minimum atomic E-state index is -0.810.